The summed E-state index contributed by atoms with van der Waals surface area (Å²) in [4.78, 5) is 12.2. The second-order valence-electron chi connectivity index (χ2n) is 10.8. The maximum absolute atomic E-state index is 12.2. The summed E-state index contributed by atoms with van der Waals surface area (Å²) in [5, 5.41) is 12.7. The highest BCUT2D eigenvalue weighted by atomic mass is 16.8. The SMILES string of the molecule is CCCCCCCCCCCCNC(CC(=O)NO)[C@H]1O[C@@H]2OC(C)(C)O[C@@H]2[C@H]1OCc1ccccc1. The fraction of sp³-hybridized carbons (Fsp3) is 0.759. The van der Waals surface area contributed by atoms with Gasteiger partial charge in [-0.1, -0.05) is 95.0 Å². The van der Waals surface area contributed by atoms with Crippen molar-refractivity contribution in [3.8, 4) is 0 Å². The van der Waals surface area contributed by atoms with Gasteiger partial charge in [-0.15, -0.1) is 0 Å². The summed E-state index contributed by atoms with van der Waals surface area (Å²) in [6.45, 7) is 7.12. The van der Waals surface area contributed by atoms with E-state index in [2.05, 4.69) is 12.2 Å². The second kappa shape index (κ2) is 15.8. The van der Waals surface area contributed by atoms with Crippen LogP contribution in [0.5, 0.6) is 0 Å². The highest BCUT2D eigenvalue weighted by Crippen LogP contribution is 2.40. The lowest BCUT2D eigenvalue weighted by atomic mass is 9.99. The third-order valence-corrected chi connectivity index (χ3v) is 7.18. The fourth-order valence-corrected chi connectivity index (χ4v) is 5.23. The summed E-state index contributed by atoms with van der Waals surface area (Å²) in [6.07, 6.45) is 10.9. The molecule has 1 unspecified atom stereocenters. The number of fused-ring (bicyclic) bond motifs is 1. The van der Waals surface area contributed by atoms with Crippen LogP contribution in [-0.4, -0.2) is 54.1 Å². The lowest BCUT2D eigenvalue weighted by Gasteiger charge is -2.31. The zero-order valence-corrected chi connectivity index (χ0v) is 23.0. The molecule has 2 heterocycles. The zero-order valence-electron chi connectivity index (χ0n) is 23.0. The predicted octanol–water partition coefficient (Wildman–Crippen LogP) is 5.22. The Morgan fingerprint density at radius 2 is 1.65 bits per heavy atom. The van der Waals surface area contributed by atoms with Crippen LogP contribution in [0.2, 0.25) is 0 Å². The predicted molar refractivity (Wildman–Crippen MR) is 142 cm³/mol. The first-order valence-electron chi connectivity index (χ1n) is 14.3. The van der Waals surface area contributed by atoms with Gasteiger partial charge < -0.3 is 24.3 Å². The Hall–Kier alpha value is -1.55. The number of unbranched alkanes of at least 4 members (excludes halogenated alkanes) is 9. The topological polar surface area (TPSA) is 98.3 Å². The van der Waals surface area contributed by atoms with Crippen molar-refractivity contribution < 1.29 is 28.9 Å². The Morgan fingerprint density at radius 1 is 1.00 bits per heavy atom. The Bertz CT molecular complexity index is 777. The molecule has 0 bridgehead atoms. The van der Waals surface area contributed by atoms with E-state index in [0.29, 0.717) is 6.61 Å². The molecular weight excluding hydrogens is 472 g/mol. The molecule has 8 nitrogen and oxygen atoms in total. The minimum Gasteiger partial charge on any atom is -0.368 e. The number of carbonyl (C=O) groups is 1. The lowest BCUT2D eigenvalue weighted by Crippen LogP contribution is -2.50. The van der Waals surface area contributed by atoms with Gasteiger partial charge in [0.1, 0.15) is 18.3 Å². The molecule has 37 heavy (non-hydrogen) atoms. The van der Waals surface area contributed by atoms with Crippen LogP contribution in [0, 0.1) is 0 Å². The molecule has 1 aromatic carbocycles. The van der Waals surface area contributed by atoms with Crippen molar-refractivity contribution in [2.24, 2.45) is 0 Å². The number of hydrogen-bond donors (Lipinski definition) is 3. The van der Waals surface area contributed by atoms with E-state index in [1.807, 2.05) is 44.2 Å². The second-order valence-corrected chi connectivity index (χ2v) is 10.8. The number of ether oxygens (including phenoxy) is 4. The number of nitrogens with one attached hydrogen (secondary N) is 2. The van der Waals surface area contributed by atoms with Crippen LogP contribution < -0.4 is 10.8 Å². The molecule has 5 atom stereocenters. The van der Waals surface area contributed by atoms with E-state index in [9.17, 15) is 10.0 Å². The summed E-state index contributed by atoms with van der Waals surface area (Å²) >= 11 is 0. The van der Waals surface area contributed by atoms with Crippen LogP contribution >= 0.6 is 0 Å². The normalized spacial score (nSPS) is 25.2. The van der Waals surface area contributed by atoms with Crippen LogP contribution in [-0.2, 0) is 30.3 Å². The third kappa shape index (κ3) is 9.93. The summed E-state index contributed by atoms with van der Waals surface area (Å²) in [6, 6.07) is 9.60. The highest BCUT2D eigenvalue weighted by Gasteiger charge is 2.57. The maximum Gasteiger partial charge on any atom is 0.245 e. The van der Waals surface area contributed by atoms with E-state index in [0.717, 1.165) is 24.9 Å². The van der Waals surface area contributed by atoms with Gasteiger partial charge in [0.15, 0.2) is 12.1 Å². The molecule has 0 aliphatic carbocycles. The van der Waals surface area contributed by atoms with Gasteiger partial charge in [0.2, 0.25) is 5.91 Å². The van der Waals surface area contributed by atoms with Crippen molar-refractivity contribution in [1.29, 1.82) is 0 Å². The average molecular weight is 521 g/mol. The molecule has 2 aliphatic rings. The quantitative estimate of drug-likeness (QED) is 0.139. The summed E-state index contributed by atoms with van der Waals surface area (Å²) in [7, 11) is 0. The largest absolute Gasteiger partial charge is 0.368 e. The molecule has 0 aromatic heterocycles. The molecule has 2 fully saturated rings. The lowest BCUT2D eigenvalue weighted by molar-refractivity contribution is -0.222. The van der Waals surface area contributed by atoms with Crippen LogP contribution in [0.15, 0.2) is 30.3 Å². The van der Waals surface area contributed by atoms with E-state index >= 15 is 0 Å². The molecule has 2 aliphatic heterocycles. The number of amides is 1. The van der Waals surface area contributed by atoms with Crippen LogP contribution in [0.25, 0.3) is 0 Å². The Labute approximate surface area is 222 Å². The van der Waals surface area contributed by atoms with Crippen molar-refractivity contribution in [1.82, 2.24) is 10.8 Å². The number of rotatable bonds is 18. The molecule has 0 radical (unpaired) electrons. The number of hydrogen-bond acceptors (Lipinski definition) is 7. The minimum atomic E-state index is -0.768. The van der Waals surface area contributed by atoms with Gasteiger partial charge in [-0.3, -0.25) is 10.0 Å². The minimum absolute atomic E-state index is 0.0625. The Kier molecular flexibility index (Phi) is 12.8. The van der Waals surface area contributed by atoms with Crippen LogP contribution in [0.1, 0.15) is 97.0 Å². The van der Waals surface area contributed by atoms with Gasteiger partial charge in [-0.25, -0.2) is 5.48 Å². The maximum atomic E-state index is 12.2. The average Bonchev–Trinajstić information content (AvgIpc) is 3.37. The fourth-order valence-electron chi connectivity index (χ4n) is 5.23. The third-order valence-electron chi connectivity index (χ3n) is 7.18. The monoisotopic (exact) mass is 520 g/mol. The molecule has 3 rings (SSSR count). The molecule has 3 N–H and O–H groups in total. The zero-order chi connectivity index (χ0) is 26.5. The van der Waals surface area contributed by atoms with E-state index in [-0.39, 0.29) is 12.5 Å². The van der Waals surface area contributed by atoms with Crippen LogP contribution in [0.3, 0.4) is 0 Å². The molecular formula is C29H48N2O6. The van der Waals surface area contributed by atoms with Gasteiger partial charge >= 0.3 is 0 Å². The summed E-state index contributed by atoms with van der Waals surface area (Å²) in [5.41, 5.74) is 2.81. The van der Waals surface area contributed by atoms with Gasteiger partial charge in [-0.05, 0) is 32.4 Å². The van der Waals surface area contributed by atoms with Crippen molar-refractivity contribution in [2.75, 3.05) is 6.54 Å². The number of benzene rings is 1. The molecule has 0 saturated carbocycles. The van der Waals surface area contributed by atoms with Crippen LogP contribution in [0.4, 0.5) is 0 Å². The van der Waals surface area contributed by atoms with E-state index in [4.69, 9.17) is 18.9 Å². The van der Waals surface area contributed by atoms with Gasteiger partial charge in [0.25, 0.3) is 0 Å². The first-order chi connectivity index (χ1) is 17.9. The molecule has 210 valence electrons. The Balaban J connectivity index is 1.52. The van der Waals surface area contributed by atoms with E-state index in [1.165, 1.54) is 51.4 Å². The first-order valence-corrected chi connectivity index (χ1v) is 14.3. The smallest absolute Gasteiger partial charge is 0.245 e. The van der Waals surface area contributed by atoms with Gasteiger partial charge in [-0.2, -0.15) is 0 Å². The van der Waals surface area contributed by atoms with E-state index < -0.39 is 36.3 Å². The summed E-state index contributed by atoms with van der Waals surface area (Å²) < 4.78 is 24.8. The number of hydroxylamine groups is 1. The molecule has 1 amide bonds. The molecule has 8 heteroatoms. The molecule has 2 saturated heterocycles. The Morgan fingerprint density at radius 3 is 2.30 bits per heavy atom. The summed E-state index contributed by atoms with van der Waals surface area (Å²) in [5.74, 6) is -1.24. The van der Waals surface area contributed by atoms with Crippen molar-refractivity contribution in [3.05, 3.63) is 35.9 Å². The van der Waals surface area contributed by atoms with Crippen molar-refractivity contribution in [2.45, 2.75) is 134 Å². The highest BCUT2D eigenvalue weighted by molar-refractivity contribution is 5.75. The standard InChI is InChI=1S/C29H48N2O6/c1-4-5-6-7-8-9-10-11-12-16-19-30-23(20-24(32)31-33)25-26(34-21-22-17-14-13-15-18-22)27-28(35-25)37-29(2,3)36-27/h13-15,17-18,23,25-28,30,33H,4-12,16,19-21H2,1-3H3,(H,31,32)/t23?,25-,26+,27-,28-/m1/s1. The van der Waals surface area contributed by atoms with Crippen molar-refractivity contribution in [3.63, 3.8) is 0 Å². The number of carbonyl (C=O) groups excluding carboxylic acids is 1. The molecule has 1 aromatic rings. The van der Waals surface area contributed by atoms with Gasteiger partial charge in [0.05, 0.1) is 6.61 Å². The van der Waals surface area contributed by atoms with Gasteiger partial charge in [0, 0.05) is 12.5 Å². The first kappa shape index (κ1) is 30.0. The van der Waals surface area contributed by atoms with Crippen molar-refractivity contribution >= 4 is 5.91 Å². The molecule has 0 spiro atoms. The van der Waals surface area contributed by atoms with E-state index in [1.54, 1.807) is 5.48 Å².